The molecule has 1 aliphatic rings. The van der Waals surface area contributed by atoms with Crippen molar-refractivity contribution in [3.05, 3.63) is 0 Å². The molecular formula is C8H14O7. The zero-order valence-corrected chi connectivity index (χ0v) is 8.36. The number of carbonyl (C=O) groups is 1. The summed E-state index contributed by atoms with van der Waals surface area (Å²) in [6, 6.07) is 0. The fraction of sp³-hybridized carbons (Fsp3) is 0.875. The molecule has 0 aliphatic carbocycles. The third-order valence-corrected chi connectivity index (χ3v) is 2.29. The smallest absolute Gasteiger partial charge is 0.335 e. The standard InChI is InChI=1S/C8H14O7/c1-13-5-3(9)4(10)8(14-2)15-6(5)7(11)12/h3-6,8-10H,1-2H3,(H,11,12)/t3?,4-,5-,6?,8+/m0/s1. The van der Waals surface area contributed by atoms with Gasteiger partial charge in [0.05, 0.1) is 0 Å². The van der Waals surface area contributed by atoms with Crippen LogP contribution in [0, 0.1) is 0 Å². The molecule has 0 aromatic carbocycles. The highest BCUT2D eigenvalue weighted by atomic mass is 16.7. The van der Waals surface area contributed by atoms with E-state index in [9.17, 15) is 15.0 Å². The number of hydrogen-bond donors (Lipinski definition) is 3. The van der Waals surface area contributed by atoms with E-state index in [0.717, 1.165) is 0 Å². The van der Waals surface area contributed by atoms with E-state index in [1.54, 1.807) is 0 Å². The summed E-state index contributed by atoms with van der Waals surface area (Å²) in [4.78, 5) is 10.8. The summed E-state index contributed by atoms with van der Waals surface area (Å²) in [5.74, 6) is -1.28. The van der Waals surface area contributed by atoms with Gasteiger partial charge in [0.1, 0.15) is 18.3 Å². The molecule has 1 fully saturated rings. The second-order valence-electron chi connectivity index (χ2n) is 3.18. The van der Waals surface area contributed by atoms with Crippen molar-refractivity contribution in [2.24, 2.45) is 0 Å². The van der Waals surface area contributed by atoms with Crippen LogP contribution in [0.15, 0.2) is 0 Å². The molecule has 88 valence electrons. The molecule has 5 atom stereocenters. The number of aliphatic carboxylic acids is 1. The van der Waals surface area contributed by atoms with Crippen molar-refractivity contribution in [1.82, 2.24) is 0 Å². The first-order valence-electron chi connectivity index (χ1n) is 4.33. The molecule has 7 nitrogen and oxygen atoms in total. The number of aliphatic hydroxyl groups is 2. The van der Waals surface area contributed by atoms with Crippen molar-refractivity contribution in [2.75, 3.05) is 14.2 Å². The molecule has 15 heavy (non-hydrogen) atoms. The lowest BCUT2D eigenvalue weighted by molar-refractivity contribution is -0.290. The van der Waals surface area contributed by atoms with Crippen LogP contribution in [0.1, 0.15) is 0 Å². The molecule has 1 saturated heterocycles. The average Bonchev–Trinajstić information content (AvgIpc) is 2.21. The molecule has 0 aromatic heterocycles. The summed E-state index contributed by atoms with van der Waals surface area (Å²) in [6.07, 6.45) is -6.36. The SMILES string of the molecule is CO[C@@H]1C(C(=O)O)O[C@@H](OC)[C@@H](O)C1O. The molecule has 0 bridgehead atoms. The van der Waals surface area contributed by atoms with E-state index in [-0.39, 0.29) is 0 Å². The zero-order chi connectivity index (χ0) is 11.6. The highest BCUT2D eigenvalue weighted by Crippen LogP contribution is 2.23. The summed E-state index contributed by atoms with van der Waals surface area (Å²) < 4.78 is 14.4. The van der Waals surface area contributed by atoms with E-state index < -0.39 is 36.7 Å². The quantitative estimate of drug-likeness (QED) is 0.516. The van der Waals surface area contributed by atoms with Crippen molar-refractivity contribution in [2.45, 2.75) is 30.7 Å². The Hall–Kier alpha value is -0.730. The Morgan fingerprint density at radius 3 is 2.20 bits per heavy atom. The zero-order valence-electron chi connectivity index (χ0n) is 8.36. The number of hydrogen-bond acceptors (Lipinski definition) is 6. The first-order chi connectivity index (χ1) is 7.02. The highest BCUT2D eigenvalue weighted by molar-refractivity contribution is 5.73. The molecule has 0 radical (unpaired) electrons. The Labute approximate surface area is 86.2 Å². The Kier molecular flexibility index (Phi) is 4.00. The predicted molar refractivity (Wildman–Crippen MR) is 46.1 cm³/mol. The Balaban J connectivity index is 2.84. The largest absolute Gasteiger partial charge is 0.479 e. The average molecular weight is 222 g/mol. The van der Waals surface area contributed by atoms with E-state index in [1.165, 1.54) is 14.2 Å². The number of carboxylic acids is 1. The predicted octanol–water partition coefficient (Wildman–Crippen LogP) is -1.82. The van der Waals surface area contributed by atoms with Crippen molar-refractivity contribution in [3.63, 3.8) is 0 Å². The van der Waals surface area contributed by atoms with Crippen LogP contribution >= 0.6 is 0 Å². The molecule has 0 saturated carbocycles. The van der Waals surface area contributed by atoms with E-state index in [1.807, 2.05) is 0 Å². The number of aliphatic hydroxyl groups excluding tert-OH is 2. The van der Waals surface area contributed by atoms with Crippen LogP contribution in [-0.2, 0) is 19.0 Å². The second-order valence-corrected chi connectivity index (χ2v) is 3.18. The van der Waals surface area contributed by atoms with Crippen LogP contribution in [0.3, 0.4) is 0 Å². The number of rotatable bonds is 3. The van der Waals surface area contributed by atoms with Crippen molar-refractivity contribution >= 4 is 5.97 Å². The van der Waals surface area contributed by atoms with Gasteiger partial charge in [0.2, 0.25) is 0 Å². The number of methoxy groups -OCH3 is 2. The van der Waals surface area contributed by atoms with E-state index in [4.69, 9.17) is 19.3 Å². The van der Waals surface area contributed by atoms with Gasteiger partial charge in [-0.05, 0) is 0 Å². The van der Waals surface area contributed by atoms with Gasteiger partial charge in [0.25, 0.3) is 0 Å². The number of carboxylic acid groups (broad SMARTS) is 1. The molecule has 1 aliphatic heterocycles. The van der Waals surface area contributed by atoms with E-state index in [0.29, 0.717) is 0 Å². The van der Waals surface area contributed by atoms with Crippen LogP contribution < -0.4 is 0 Å². The van der Waals surface area contributed by atoms with Gasteiger partial charge in [-0.25, -0.2) is 4.79 Å². The molecule has 7 heteroatoms. The van der Waals surface area contributed by atoms with Crippen LogP contribution in [0.4, 0.5) is 0 Å². The van der Waals surface area contributed by atoms with Crippen molar-refractivity contribution < 1.29 is 34.3 Å². The molecular weight excluding hydrogens is 208 g/mol. The lowest BCUT2D eigenvalue weighted by Gasteiger charge is -2.39. The van der Waals surface area contributed by atoms with Gasteiger partial charge >= 0.3 is 5.97 Å². The fourth-order valence-electron chi connectivity index (χ4n) is 1.49. The van der Waals surface area contributed by atoms with Gasteiger partial charge in [0.15, 0.2) is 12.4 Å². The van der Waals surface area contributed by atoms with Gasteiger partial charge in [-0.3, -0.25) is 0 Å². The summed E-state index contributed by atoms with van der Waals surface area (Å²) in [5, 5.41) is 27.8. The van der Waals surface area contributed by atoms with Gasteiger partial charge in [-0.2, -0.15) is 0 Å². The summed E-state index contributed by atoms with van der Waals surface area (Å²) >= 11 is 0. The number of ether oxygens (including phenoxy) is 3. The highest BCUT2D eigenvalue weighted by Gasteiger charge is 2.48. The maximum Gasteiger partial charge on any atom is 0.335 e. The molecule has 3 N–H and O–H groups in total. The molecule has 1 heterocycles. The van der Waals surface area contributed by atoms with Gasteiger partial charge in [-0.15, -0.1) is 0 Å². The molecule has 0 aromatic rings. The summed E-state index contributed by atoms with van der Waals surface area (Å²) in [7, 11) is 2.47. The Morgan fingerprint density at radius 2 is 1.80 bits per heavy atom. The Bertz CT molecular complexity index is 231. The first-order valence-corrected chi connectivity index (χ1v) is 4.33. The summed E-state index contributed by atoms with van der Waals surface area (Å²) in [5.41, 5.74) is 0. The van der Waals surface area contributed by atoms with Gasteiger partial charge in [0, 0.05) is 14.2 Å². The maximum absolute atomic E-state index is 10.8. The van der Waals surface area contributed by atoms with Crippen LogP contribution in [0.2, 0.25) is 0 Å². The lowest BCUT2D eigenvalue weighted by Crippen LogP contribution is -2.60. The van der Waals surface area contributed by atoms with Crippen LogP contribution in [0.25, 0.3) is 0 Å². The lowest BCUT2D eigenvalue weighted by atomic mass is 9.99. The minimum Gasteiger partial charge on any atom is -0.479 e. The minimum absolute atomic E-state index is 1.12. The Morgan fingerprint density at radius 1 is 1.20 bits per heavy atom. The normalized spacial score (nSPS) is 41.5. The molecule has 0 spiro atoms. The topological polar surface area (TPSA) is 105 Å². The summed E-state index contributed by atoms with van der Waals surface area (Å²) in [6.45, 7) is 0. The third kappa shape index (κ3) is 2.27. The minimum atomic E-state index is -1.37. The molecule has 1 rings (SSSR count). The monoisotopic (exact) mass is 222 g/mol. The van der Waals surface area contributed by atoms with Crippen molar-refractivity contribution in [3.8, 4) is 0 Å². The van der Waals surface area contributed by atoms with Crippen molar-refractivity contribution in [1.29, 1.82) is 0 Å². The molecule has 2 unspecified atom stereocenters. The first kappa shape index (κ1) is 12.3. The van der Waals surface area contributed by atoms with Crippen LogP contribution in [-0.4, -0.2) is 66.2 Å². The van der Waals surface area contributed by atoms with E-state index in [2.05, 4.69) is 0 Å². The maximum atomic E-state index is 10.8. The second kappa shape index (κ2) is 4.86. The van der Waals surface area contributed by atoms with Crippen LogP contribution in [0.5, 0.6) is 0 Å². The van der Waals surface area contributed by atoms with Gasteiger partial charge < -0.3 is 29.5 Å². The fourth-order valence-corrected chi connectivity index (χ4v) is 1.49. The van der Waals surface area contributed by atoms with E-state index >= 15 is 0 Å². The third-order valence-electron chi connectivity index (χ3n) is 2.29. The van der Waals surface area contributed by atoms with Gasteiger partial charge in [-0.1, -0.05) is 0 Å². The molecule has 0 amide bonds.